The summed E-state index contributed by atoms with van der Waals surface area (Å²) < 4.78 is 30.5. The molecular formula is C20H18O7. The topological polar surface area (TPSA) is 86.9 Å². The van der Waals surface area contributed by atoms with Crippen LogP contribution < -0.4 is 0 Å². The first kappa shape index (κ1) is 14.6. The fraction of sp³-hybridized carbons (Fsp3) is 0.700. The number of ether oxygens (including phenoxy) is 5. The van der Waals surface area contributed by atoms with Crippen LogP contribution in [0.5, 0.6) is 0 Å². The van der Waals surface area contributed by atoms with Gasteiger partial charge in [-0.05, 0) is 25.5 Å². The van der Waals surface area contributed by atoms with Gasteiger partial charge in [0, 0.05) is 23.0 Å². The molecule has 5 bridgehead atoms. The van der Waals surface area contributed by atoms with Crippen molar-refractivity contribution in [3.05, 3.63) is 22.8 Å². The first-order valence-electron chi connectivity index (χ1n) is 9.85. The third-order valence-corrected chi connectivity index (χ3v) is 8.15. The summed E-state index contributed by atoms with van der Waals surface area (Å²) >= 11 is 0. The van der Waals surface area contributed by atoms with Gasteiger partial charge in [-0.1, -0.05) is 0 Å². The Morgan fingerprint density at radius 2 is 1.78 bits per heavy atom. The van der Waals surface area contributed by atoms with Crippen LogP contribution in [0.4, 0.5) is 0 Å². The molecule has 0 saturated carbocycles. The van der Waals surface area contributed by atoms with Gasteiger partial charge in [-0.3, -0.25) is 9.59 Å². The van der Waals surface area contributed by atoms with E-state index in [2.05, 4.69) is 0 Å². The van der Waals surface area contributed by atoms with Crippen LogP contribution in [0, 0.1) is 17.3 Å². The average Bonchev–Trinajstić information content (AvgIpc) is 3.53. The molecule has 0 aromatic carbocycles. The molecule has 6 aliphatic heterocycles. The van der Waals surface area contributed by atoms with Crippen LogP contribution in [0.2, 0.25) is 0 Å². The van der Waals surface area contributed by atoms with E-state index in [9.17, 15) is 9.59 Å². The van der Waals surface area contributed by atoms with E-state index < -0.39 is 30.0 Å². The molecule has 5 saturated heterocycles. The number of carbonyl (C=O) groups excluding carboxylic acids is 2. The number of epoxide rings is 2. The van der Waals surface area contributed by atoms with Crippen LogP contribution in [0.15, 0.2) is 22.8 Å². The largest absolute Gasteiger partial charge is 0.369 e. The van der Waals surface area contributed by atoms with Crippen molar-refractivity contribution in [2.45, 2.75) is 69.0 Å². The van der Waals surface area contributed by atoms with E-state index in [1.807, 2.05) is 19.9 Å². The third kappa shape index (κ3) is 1.30. The van der Waals surface area contributed by atoms with Crippen molar-refractivity contribution in [3.63, 3.8) is 0 Å². The highest BCUT2D eigenvalue weighted by atomic mass is 16.7. The van der Waals surface area contributed by atoms with Gasteiger partial charge in [-0.25, -0.2) is 0 Å². The van der Waals surface area contributed by atoms with E-state index >= 15 is 0 Å². The van der Waals surface area contributed by atoms with Gasteiger partial charge in [0.15, 0.2) is 17.9 Å². The molecule has 0 N–H and O–H groups in total. The lowest BCUT2D eigenvalue weighted by Crippen LogP contribution is -2.71. The minimum atomic E-state index is -0.841. The van der Waals surface area contributed by atoms with Gasteiger partial charge in [0.2, 0.25) is 0 Å². The molecule has 7 nitrogen and oxygen atoms in total. The third-order valence-electron chi connectivity index (χ3n) is 8.15. The van der Waals surface area contributed by atoms with Gasteiger partial charge in [0.1, 0.15) is 30.5 Å². The summed E-state index contributed by atoms with van der Waals surface area (Å²) in [6, 6.07) is 0. The van der Waals surface area contributed by atoms with Gasteiger partial charge in [-0.2, -0.15) is 0 Å². The van der Waals surface area contributed by atoms with Crippen LogP contribution in [-0.2, 0) is 33.3 Å². The lowest BCUT2D eigenvalue weighted by atomic mass is 9.46. The number of Topliss-reactive ketones (excluding diaryl/α,β-unsaturated/α-hetero) is 2. The normalized spacial score (nSPS) is 63.2. The fourth-order valence-electron chi connectivity index (χ4n) is 7.20. The Balaban J connectivity index is 1.50. The predicted molar refractivity (Wildman–Crippen MR) is 85.4 cm³/mol. The Bertz CT molecular complexity index is 935. The van der Waals surface area contributed by atoms with E-state index in [-0.39, 0.29) is 53.9 Å². The molecule has 12 atom stereocenters. The Morgan fingerprint density at radius 3 is 2.63 bits per heavy atom. The van der Waals surface area contributed by atoms with Gasteiger partial charge in [0.25, 0.3) is 0 Å². The first-order valence-corrected chi connectivity index (χ1v) is 9.85. The molecule has 7 heteroatoms. The van der Waals surface area contributed by atoms with E-state index in [1.54, 1.807) is 0 Å². The van der Waals surface area contributed by atoms with Gasteiger partial charge in [-0.15, -0.1) is 0 Å². The molecule has 1 spiro atoms. The van der Waals surface area contributed by atoms with Crippen LogP contribution in [0.3, 0.4) is 0 Å². The van der Waals surface area contributed by atoms with Gasteiger partial charge >= 0.3 is 0 Å². The zero-order valence-electron chi connectivity index (χ0n) is 14.8. The standard InChI is InChI=1S/C20H18O7/c1-4-8-9-10-14(16-15(26-16)12(9)21)27-19-6-3-7-13(25-7)17(22)20(6,18(10)23-4)11(8)5(2)24-19/h3-5,7-8,11,13-16,18-19H,1-2H3/t4-,5-,7-,8-,11+,13-,14+,15+,16-,18+,19-,20+/m1/s1. The van der Waals surface area contributed by atoms with Crippen molar-refractivity contribution in [1.82, 2.24) is 0 Å². The maximum Gasteiger partial charge on any atom is 0.190 e. The number of rotatable bonds is 0. The summed E-state index contributed by atoms with van der Waals surface area (Å²) in [4.78, 5) is 26.9. The van der Waals surface area contributed by atoms with Crippen LogP contribution in [0.1, 0.15) is 13.8 Å². The quantitative estimate of drug-likeness (QED) is 0.441. The molecule has 0 aromatic rings. The maximum absolute atomic E-state index is 13.7. The molecule has 6 heterocycles. The lowest BCUT2D eigenvalue weighted by Gasteiger charge is -2.62. The van der Waals surface area contributed by atoms with Crippen LogP contribution >= 0.6 is 0 Å². The fourth-order valence-corrected chi connectivity index (χ4v) is 7.20. The van der Waals surface area contributed by atoms with Crippen molar-refractivity contribution >= 4 is 11.6 Å². The number of carbonyl (C=O) groups is 2. The van der Waals surface area contributed by atoms with Gasteiger partial charge < -0.3 is 23.7 Å². The Morgan fingerprint density at radius 1 is 0.926 bits per heavy atom. The van der Waals surface area contributed by atoms with Crippen molar-refractivity contribution < 1.29 is 33.3 Å². The second kappa shape index (κ2) is 4.00. The first-order chi connectivity index (χ1) is 13.0. The van der Waals surface area contributed by atoms with Crippen LogP contribution in [-0.4, -0.2) is 66.7 Å². The van der Waals surface area contributed by atoms with Crippen molar-refractivity contribution in [2.24, 2.45) is 17.3 Å². The molecule has 5 fully saturated rings. The van der Waals surface area contributed by atoms with Gasteiger partial charge in [0.05, 0.1) is 23.7 Å². The molecule has 0 radical (unpaired) electrons. The van der Waals surface area contributed by atoms with E-state index in [4.69, 9.17) is 23.7 Å². The van der Waals surface area contributed by atoms with E-state index in [0.717, 1.165) is 16.7 Å². The number of hydrogen-bond acceptors (Lipinski definition) is 7. The smallest absolute Gasteiger partial charge is 0.190 e. The summed E-state index contributed by atoms with van der Waals surface area (Å²) in [6.07, 6.45) is -1.12. The number of ketones is 2. The summed E-state index contributed by atoms with van der Waals surface area (Å²) in [5.74, 6) is -0.196. The molecule has 0 unspecified atom stereocenters. The van der Waals surface area contributed by atoms with Crippen molar-refractivity contribution in [3.8, 4) is 0 Å². The van der Waals surface area contributed by atoms with Crippen LogP contribution in [0.25, 0.3) is 0 Å². The molecule has 27 heavy (non-hydrogen) atoms. The molecule has 3 aliphatic carbocycles. The summed E-state index contributed by atoms with van der Waals surface area (Å²) in [5, 5.41) is 0. The summed E-state index contributed by atoms with van der Waals surface area (Å²) in [5.41, 5.74) is 1.65. The van der Waals surface area contributed by atoms with E-state index in [1.165, 1.54) is 0 Å². The van der Waals surface area contributed by atoms with Crippen molar-refractivity contribution in [2.75, 3.05) is 0 Å². The summed E-state index contributed by atoms with van der Waals surface area (Å²) in [7, 11) is 0. The highest BCUT2D eigenvalue weighted by Crippen LogP contribution is 2.69. The summed E-state index contributed by atoms with van der Waals surface area (Å²) in [6.45, 7) is 4.00. The SMILES string of the molecule is C[C@H]1O[C@H]2C3=C4C(=O)[C@@H]5O[C@@H]5[C@H]3O[C@H]3O[C@H](C)[C@@H]([C@@H]41)[C@@]21C(=O)[C@@H]2O[C@@H]2C=C31. The Kier molecular flexibility index (Phi) is 2.16. The lowest BCUT2D eigenvalue weighted by molar-refractivity contribution is -0.246. The molecule has 0 amide bonds. The van der Waals surface area contributed by atoms with E-state index in [0.29, 0.717) is 0 Å². The molecular weight excluding hydrogens is 352 g/mol. The number of hydrogen-bond donors (Lipinski definition) is 0. The molecule has 140 valence electrons. The molecule has 9 aliphatic rings. The monoisotopic (exact) mass is 370 g/mol. The molecule has 9 rings (SSSR count). The average molecular weight is 370 g/mol. The highest BCUT2D eigenvalue weighted by molar-refractivity contribution is 6.06. The Labute approximate surface area is 154 Å². The predicted octanol–water partition coefficient (Wildman–Crippen LogP) is 0.0729. The second-order valence-electron chi connectivity index (χ2n) is 9.13. The zero-order valence-corrected chi connectivity index (χ0v) is 14.8. The maximum atomic E-state index is 13.7. The zero-order chi connectivity index (χ0) is 18.0. The minimum Gasteiger partial charge on any atom is -0.369 e. The highest BCUT2D eigenvalue weighted by Gasteiger charge is 2.79. The van der Waals surface area contributed by atoms with Crippen molar-refractivity contribution in [1.29, 1.82) is 0 Å². The molecule has 0 aromatic heterocycles. The number of fused-ring (bicyclic) bond motifs is 4. The second-order valence-corrected chi connectivity index (χ2v) is 9.13. The Hall–Kier alpha value is -1.38. The minimum absolute atomic E-state index is 0.0572.